The highest BCUT2D eigenvalue weighted by atomic mass is 16.5. The minimum Gasteiger partial charge on any atom is -0.481 e. The largest absolute Gasteiger partial charge is 0.481 e. The number of carbonyl (C=O) groups is 4. The molecule has 0 bridgehead atoms. The predicted molar refractivity (Wildman–Crippen MR) is 120 cm³/mol. The molecule has 7 heteroatoms. The van der Waals surface area contributed by atoms with E-state index in [2.05, 4.69) is 0 Å². The summed E-state index contributed by atoms with van der Waals surface area (Å²) in [5.74, 6) is -3.84. The van der Waals surface area contributed by atoms with E-state index in [0.717, 1.165) is 0 Å². The van der Waals surface area contributed by atoms with Crippen molar-refractivity contribution in [2.45, 2.75) is 74.3 Å². The maximum Gasteiger partial charge on any atom is 0.324 e. The van der Waals surface area contributed by atoms with Crippen LogP contribution < -0.4 is 0 Å². The van der Waals surface area contributed by atoms with E-state index in [9.17, 15) is 24.3 Å². The van der Waals surface area contributed by atoms with Crippen LogP contribution in [0.3, 0.4) is 0 Å². The number of ether oxygens (including phenoxy) is 1. The second kappa shape index (κ2) is 10.3. The average Bonchev–Trinajstić information content (AvgIpc) is 2.63. The first-order valence-electron chi connectivity index (χ1n) is 10.8. The number of Topliss-reactive ketones (excluding diaryl/α,β-unsaturated/α-hetero) is 1. The highest BCUT2D eigenvalue weighted by molar-refractivity contribution is 6.00. The molecule has 0 radical (unpaired) electrons. The molecule has 2 atom stereocenters. The summed E-state index contributed by atoms with van der Waals surface area (Å²) in [7, 11) is 0. The molecular formula is C25H36O7. The summed E-state index contributed by atoms with van der Waals surface area (Å²) >= 11 is 0. The fourth-order valence-electron chi connectivity index (χ4n) is 4.38. The van der Waals surface area contributed by atoms with Gasteiger partial charge in [0.2, 0.25) is 0 Å². The molecule has 2 N–H and O–H groups in total. The lowest BCUT2D eigenvalue weighted by atomic mass is 9.52. The number of hydrogen-bond acceptors (Lipinski definition) is 5. The molecule has 0 aliphatic heterocycles. The Balaban J connectivity index is 3.35. The Morgan fingerprint density at radius 1 is 0.938 bits per heavy atom. The Morgan fingerprint density at radius 3 is 1.84 bits per heavy atom. The molecule has 0 aliphatic carbocycles. The van der Waals surface area contributed by atoms with Gasteiger partial charge in [0.1, 0.15) is 6.61 Å². The monoisotopic (exact) mass is 448 g/mol. The molecule has 0 saturated heterocycles. The van der Waals surface area contributed by atoms with Crippen molar-refractivity contribution in [1.29, 1.82) is 0 Å². The third-order valence-electron chi connectivity index (χ3n) is 6.02. The Morgan fingerprint density at radius 2 is 1.47 bits per heavy atom. The van der Waals surface area contributed by atoms with Gasteiger partial charge in [-0.25, -0.2) is 0 Å². The molecule has 178 valence electrons. The van der Waals surface area contributed by atoms with Gasteiger partial charge < -0.3 is 14.9 Å². The highest BCUT2D eigenvalue weighted by Gasteiger charge is 2.63. The zero-order valence-electron chi connectivity index (χ0n) is 20.2. The number of carboxylic acid groups (broad SMARTS) is 2. The summed E-state index contributed by atoms with van der Waals surface area (Å²) in [6.07, 6.45) is 0.397. The first-order chi connectivity index (χ1) is 14.5. The van der Waals surface area contributed by atoms with Gasteiger partial charge in [0, 0.05) is 12.0 Å². The molecule has 0 saturated carbocycles. The van der Waals surface area contributed by atoms with Crippen molar-refractivity contribution in [2.75, 3.05) is 0 Å². The van der Waals surface area contributed by atoms with E-state index in [1.165, 1.54) is 6.92 Å². The van der Waals surface area contributed by atoms with Gasteiger partial charge in [-0.1, -0.05) is 65.8 Å². The summed E-state index contributed by atoms with van der Waals surface area (Å²) in [6, 6.07) is 6.59. The van der Waals surface area contributed by atoms with Gasteiger partial charge in [0.25, 0.3) is 0 Å². The van der Waals surface area contributed by atoms with Crippen LogP contribution in [-0.2, 0) is 25.7 Å². The molecule has 1 aromatic carbocycles. The number of esters is 1. The van der Waals surface area contributed by atoms with Crippen LogP contribution in [0.5, 0.6) is 0 Å². The summed E-state index contributed by atoms with van der Waals surface area (Å²) in [5, 5.41) is 19.5. The highest BCUT2D eigenvalue weighted by Crippen LogP contribution is 2.54. The fourth-order valence-corrected chi connectivity index (χ4v) is 4.38. The third-order valence-corrected chi connectivity index (χ3v) is 6.02. The number of carbonyl (C=O) groups excluding carboxylic acids is 2. The van der Waals surface area contributed by atoms with E-state index in [4.69, 9.17) is 9.84 Å². The average molecular weight is 449 g/mol. The molecule has 1 rings (SSSR count). The quantitative estimate of drug-likeness (QED) is 0.295. The molecule has 0 spiro atoms. The standard InChI is InChI=1S/C25H36O7/c1-16(26)18-13-11-17(12-14-18)15-32-22(31)25(21(29)30,24(5,6)7)19(23(2,3)4)9-8-10-20(27)28/h11-14,19H,8-10,15H2,1-7H3,(H,27,28)(H,29,30). The molecule has 0 aromatic heterocycles. The molecule has 0 amide bonds. The van der Waals surface area contributed by atoms with Crippen molar-refractivity contribution in [3.8, 4) is 0 Å². The molecular weight excluding hydrogens is 412 g/mol. The van der Waals surface area contributed by atoms with Crippen LogP contribution in [0.4, 0.5) is 0 Å². The molecule has 7 nitrogen and oxygen atoms in total. The maximum atomic E-state index is 13.5. The van der Waals surface area contributed by atoms with Crippen LogP contribution in [0.2, 0.25) is 0 Å². The zero-order valence-corrected chi connectivity index (χ0v) is 20.2. The number of benzene rings is 1. The molecule has 32 heavy (non-hydrogen) atoms. The zero-order chi connectivity index (χ0) is 24.9. The fraction of sp³-hybridized carbons (Fsp3) is 0.600. The third kappa shape index (κ3) is 6.17. The SMILES string of the molecule is CC(=O)c1ccc(COC(=O)C(C(=O)O)(C(CCCC(=O)O)C(C)(C)C)C(C)(C)C)cc1. The number of ketones is 1. The number of hydrogen-bond donors (Lipinski definition) is 2. The van der Waals surface area contributed by atoms with Crippen LogP contribution in [0.25, 0.3) is 0 Å². The Labute approximate surface area is 190 Å². The van der Waals surface area contributed by atoms with Crippen molar-refractivity contribution in [3.63, 3.8) is 0 Å². The van der Waals surface area contributed by atoms with Gasteiger partial charge in [0.05, 0.1) is 0 Å². The van der Waals surface area contributed by atoms with Gasteiger partial charge in [-0.15, -0.1) is 0 Å². The lowest BCUT2D eigenvalue weighted by Crippen LogP contribution is -2.58. The minimum absolute atomic E-state index is 0.0828. The van der Waals surface area contributed by atoms with Gasteiger partial charge in [-0.2, -0.15) is 0 Å². The number of aliphatic carboxylic acids is 2. The van der Waals surface area contributed by atoms with Crippen molar-refractivity contribution in [1.82, 2.24) is 0 Å². The summed E-state index contributed by atoms with van der Waals surface area (Å²) < 4.78 is 5.56. The summed E-state index contributed by atoms with van der Waals surface area (Å²) in [6.45, 7) is 12.0. The van der Waals surface area contributed by atoms with E-state index in [-0.39, 0.29) is 31.7 Å². The minimum atomic E-state index is -1.89. The normalized spacial score (nSPS) is 14.8. The first-order valence-corrected chi connectivity index (χ1v) is 10.8. The van der Waals surface area contributed by atoms with E-state index >= 15 is 0 Å². The summed E-state index contributed by atoms with van der Waals surface area (Å²) in [4.78, 5) is 48.8. The molecule has 0 fully saturated rings. The van der Waals surface area contributed by atoms with Crippen LogP contribution in [0.15, 0.2) is 24.3 Å². The van der Waals surface area contributed by atoms with Crippen molar-refractivity contribution in [3.05, 3.63) is 35.4 Å². The van der Waals surface area contributed by atoms with Crippen molar-refractivity contribution >= 4 is 23.7 Å². The van der Waals surface area contributed by atoms with Crippen molar-refractivity contribution < 1.29 is 34.1 Å². The van der Waals surface area contributed by atoms with Gasteiger partial charge >= 0.3 is 17.9 Å². The van der Waals surface area contributed by atoms with Gasteiger partial charge in [-0.3, -0.25) is 19.2 Å². The van der Waals surface area contributed by atoms with Crippen LogP contribution in [0.1, 0.15) is 83.7 Å². The number of carboxylic acids is 2. The smallest absolute Gasteiger partial charge is 0.324 e. The number of rotatable bonds is 10. The van der Waals surface area contributed by atoms with Gasteiger partial charge in [0.15, 0.2) is 11.2 Å². The van der Waals surface area contributed by atoms with Crippen LogP contribution in [-0.4, -0.2) is 33.9 Å². The van der Waals surface area contributed by atoms with Crippen molar-refractivity contribution in [2.24, 2.45) is 22.2 Å². The van der Waals surface area contributed by atoms with Crippen LogP contribution in [0, 0.1) is 22.2 Å². The van der Waals surface area contributed by atoms with E-state index in [0.29, 0.717) is 11.1 Å². The van der Waals surface area contributed by atoms with E-state index in [1.807, 2.05) is 20.8 Å². The lowest BCUT2D eigenvalue weighted by Gasteiger charge is -2.49. The van der Waals surface area contributed by atoms with E-state index in [1.54, 1.807) is 45.0 Å². The topological polar surface area (TPSA) is 118 Å². The molecule has 0 heterocycles. The second-order valence-corrected chi connectivity index (χ2v) is 10.4. The Kier molecular flexibility index (Phi) is 8.78. The lowest BCUT2D eigenvalue weighted by molar-refractivity contribution is -0.191. The second-order valence-electron chi connectivity index (χ2n) is 10.4. The van der Waals surface area contributed by atoms with Gasteiger partial charge in [-0.05, 0) is 42.1 Å². The molecule has 1 aromatic rings. The molecule has 2 unspecified atom stereocenters. The maximum absolute atomic E-state index is 13.5. The first kappa shape index (κ1) is 27.3. The Hall–Kier alpha value is -2.70. The predicted octanol–water partition coefficient (Wildman–Crippen LogP) is 4.97. The molecule has 0 aliphatic rings. The van der Waals surface area contributed by atoms with E-state index < -0.39 is 40.1 Å². The summed E-state index contributed by atoms with van der Waals surface area (Å²) in [5.41, 5.74) is -2.33. The van der Waals surface area contributed by atoms with Crippen LogP contribution >= 0.6 is 0 Å². The Bertz CT molecular complexity index is 841.